The van der Waals surface area contributed by atoms with Crippen molar-refractivity contribution in [1.29, 1.82) is 0 Å². The van der Waals surface area contributed by atoms with E-state index in [0.717, 1.165) is 32.2 Å². The van der Waals surface area contributed by atoms with E-state index >= 15 is 0 Å². The van der Waals surface area contributed by atoms with Gasteiger partial charge in [-0.2, -0.15) is 0 Å². The molecule has 0 saturated heterocycles. The lowest BCUT2D eigenvalue weighted by Crippen LogP contribution is -2.25. The average Bonchev–Trinajstić information content (AvgIpc) is 3.22. The van der Waals surface area contributed by atoms with Crippen LogP contribution >= 0.6 is 0 Å². The molecule has 0 aromatic heterocycles. The highest BCUT2D eigenvalue weighted by molar-refractivity contribution is 5.22. The number of nitrogens with zero attached hydrogens (tertiary/aromatic N) is 1. The third kappa shape index (κ3) is 3.97. The fraction of sp³-hybridized carbons (Fsp3) is 0.500. The van der Waals surface area contributed by atoms with Crippen molar-refractivity contribution in [2.75, 3.05) is 13.1 Å². The zero-order valence-corrected chi connectivity index (χ0v) is 11.4. The molecule has 1 saturated carbocycles. The predicted octanol–water partition coefficient (Wildman–Crippen LogP) is 2.95. The summed E-state index contributed by atoms with van der Waals surface area (Å²) in [6, 6.07) is 9.77. The van der Waals surface area contributed by atoms with Crippen LogP contribution in [0.4, 0.5) is 0 Å². The molecule has 0 spiro atoms. The zero-order valence-electron chi connectivity index (χ0n) is 11.4. The van der Waals surface area contributed by atoms with Crippen molar-refractivity contribution in [3.05, 3.63) is 48.0 Å². The highest BCUT2D eigenvalue weighted by Crippen LogP contribution is 2.28. The molecule has 1 aliphatic carbocycles. The number of rotatable bonds is 8. The van der Waals surface area contributed by atoms with E-state index < -0.39 is 0 Å². The summed E-state index contributed by atoms with van der Waals surface area (Å²) in [6.07, 6.45) is 4.72. The summed E-state index contributed by atoms with van der Waals surface area (Å²) in [4.78, 5) is 2.52. The van der Waals surface area contributed by atoms with Crippen molar-refractivity contribution in [3.8, 4) is 0 Å². The van der Waals surface area contributed by atoms with E-state index in [1.54, 1.807) is 0 Å². The maximum Gasteiger partial charge on any atom is 0.0239 e. The largest absolute Gasteiger partial charge is 0.313 e. The molecule has 2 heteroatoms. The first-order valence-corrected chi connectivity index (χ1v) is 6.97. The highest BCUT2D eigenvalue weighted by Gasteiger charge is 2.27. The number of hydrogen-bond donors (Lipinski definition) is 1. The monoisotopic (exact) mass is 244 g/mol. The minimum Gasteiger partial charge on any atom is -0.313 e. The maximum atomic E-state index is 3.85. The summed E-state index contributed by atoms with van der Waals surface area (Å²) in [7, 11) is 0. The Bertz CT molecular complexity index is 365. The number of benzene rings is 1. The molecule has 0 radical (unpaired) electrons. The van der Waals surface area contributed by atoms with E-state index in [-0.39, 0.29) is 0 Å². The van der Waals surface area contributed by atoms with Gasteiger partial charge in [0.2, 0.25) is 0 Å². The fourth-order valence-electron chi connectivity index (χ4n) is 2.21. The molecule has 0 aliphatic heterocycles. The van der Waals surface area contributed by atoms with Crippen LogP contribution in [0, 0.1) is 0 Å². The summed E-state index contributed by atoms with van der Waals surface area (Å²) in [6.45, 7) is 10.0. The van der Waals surface area contributed by atoms with Crippen molar-refractivity contribution >= 4 is 0 Å². The summed E-state index contributed by atoms with van der Waals surface area (Å²) < 4.78 is 0. The lowest BCUT2D eigenvalue weighted by Gasteiger charge is -2.20. The van der Waals surface area contributed by atoms with Gasteiger partial charge in [-0.1, -0.05) is 37.3 Å². The van der Waals surface area contributed by atoms with Crippen LogP contribution < -0.4 is 5.32 Å². The molecule has 18 heavy (non-hydrogen) atoms. The molecule has 1 fully saturated rings. The fourth-order valence-corrected chi connectivity index (χ4v) is 2.21. The standard InChI is InChI=1S/C16H24N2/c1-3-11-18(16-9-10-16)13-15-7-5-14(6-8-15)12-17-4-2/h3,5-8,16-17H,1,4,9-13H2,2H3. The van der Waals surface area contributed by atoms with Gasteiger partial charge in [0.05, 0.1) is 0 Å². The topological polar surface area (TPSA) is 15.3 Å². The Morgan fingerprint density at radius 2 is 1.94 bits per heavy atom. The normalized spacial score (nSPS) is 15.0. The van der Waals surface area contributed by atoms with Crippen molar-refractivity contribution in [2.24, 2.45) is 0 Å². The molecule has 98 valence electrons. The maximum absolute atomic E-state index is 3.85. The van der Waals surface area contributed by atoms with Gasteiger partial charge in [0.15, 0.2) is 0 Å². The molecule has 0 atom stereocenters. The lowest BCUT2D eigenvalue weighted by molar-refractivity contribution is 0.284. The molecule has 1 aliphatic rings. The van der Waals surface area contributed by atoms with Gasteiger partial charge in [-0.3, -0.25) is 4.90 Å². The van der Waals surface area contributed by atoms with Gasteiger partial charge in [-0.05, 0) is 30.5 Å². The average molecular weight is 244 g/mol. The summed E-state index contributed by atoms with van der Waals surface area (Å²) in [5, 5.41) is 3.35. The second-order valence-electron chi connectivity index (χ2n) is 5.05. The quantitative estimate of drug-likeness (QED) is 0.707. The molecule has 1 aromatic carbocycles. The van der Waals surface area contributed by atoms with Gasteiger partial charge < -0.3 is 5.32 Å². The van der Waals surface area contributed by atoms with Gasteiger partial charge in [0, 0.05) is 25.7 Å². The first kappa shape index (κ1) is 13.3. The molecule has 0 amide bonds. The van der Waals surface area contributed by atoms with Gasteiger partial charge >= 0.3 is 0 Å². The van der Waals surface area contributed by atoms with E-state index in [9.17, 15) is 0 Å². The van der Waals surface area contributed by atoms with Crippen LogP contribution in [0.3, 0.4) is 0 Å². The van der Waals surface area contributed by atoms with Gasteiger partial charge in [0.1, 0.15) is 0 Å². The minimum atomic E-state index is 0.796. The molecule has 0 unspecified atom stereocenters. The predicted molar refractivity (Wildman–Crippen MR) is 77.5 cm³/mol. The van der Waals surface area contributed by atoms with Crippen LogP contribution in [0.15, 0.2) is 36.9 Å². The summed E-state index contributed by atoms with van der Waals surface area (Å²) in [5.41, 5.74) is 2.77. The Balaban J connectivity index is 1.89. The molecular weight excluding hydrogens is 220 g/mol. The Kier molecular flexibility index (Phi) is 4.97. The van der Waals surface area contributed by atoms with Crippen LogP contribution in [-0.4, -0.2) is 24.0 Å². The SMILES string of the molecule is C=CCN(Cc1ccc(CNCC)cc1)C1CC1. The van der Waals surface area contributed by atoms with E-state index in [4.69, 9.17) is 0 Å². The van der Waals surface area contributed by atoms with Crippen LogP contribution in [0.5, 0.6) is 0 Å². The third-order valence-corrected chi connectivity index (χ3v) is 3.41. The smallest absolute Gasteiger partial charge is 0.0239 e. The Labute approximate surface area is 111 Å². The molecule has 1 N–H and O–H groups in total. The molecular formula is C16H24N2. The van der Waals surface area contributed by atoms with Gasteiger partial charge in [0.25, 0.3) is 0 Å². The van der Waals surface area contributed by atoms with E-state index in [0.29, 0.717) is 0 Å². The van der Waals surface area contributed by atoms with Crippen LogP contribution in [0.2, 0.25) is 0 Å². The van der Waals surface area contributed by atoms with Gasteiger partial charge in [-0.15, -0.1) is 6.58 Å². The zero-order chi connectivity index (χ0) is 12.8. The lowest BCUT2D eigenvalue weighted by atomic mass is 10.1. The Hall–Kier alpha value is -1.12. The van der Waals surface area contributed by atoms with Crippen LogP contribution in [-0.2, 0) is 13.1 Å². The molecule has 0 bridgehead atoms. The van der Waals surface area contributed by atoms with Crippen LogP contribution in [0.1, 0.15) is 30.9 Å². The summed E-state index contributed by atoms with van der Waals surface area (Å²) >= 11 is 0. The van der Waals surface area contributed by atoms with Crippen LogP contribution in [0.25, 0.3) is 0 Å². The van der Waals surface area contributed by atoms with Crippen molar-refractivity contribution in [2.45, 2.75) is 38.9 Å². The van der Waals surface area contributed by atoms with Gasteiger partial charge in [-0.25, -0.2) is 0 Å². The number of nitrogens with one attached hydrogen (secondary N) is 1. The first-order chi connectivity index (χ1) is 8.83. The Morgan fingerprint density at radius 3 is 2.50 bits per heavy atom. The molecule has 1 aromatic rings. The highest BCUT2D eigenvalue weighted by atomic mass is 15.2. The van der Waals surface area contributed by atoms with E-state index in [2.05, 4.69) is 48.0 Å². The van der Waals surface area contributed by atoms with Crippen molar-refractivity contribution < 1.29 is 0 Å². The molecule has 2 nitrogen and oxygen atoms in total. The Morgan fingerprint density at radius 1 is 1.28 bits per heavy atom. The first-order valence-electron chi connectivity index (χ1n) is 6.97. The van der Waals surface area contributed by atoms with E-state index in [1.165, 1.54) is 24.0 Å². The molecule has 0 heterocycles. The third-order valence-electron chi connectivity index (χ3n) is 3.41. The second kappa shape index (κ2) is 6.72. The number of hydrogen-bond acceptors (Lipinski definition) is 2. The molecule has 2 rings (SSSR count). The summed E-state index contributed by atoms with van der Waals surface area (Å²) in [5.74, 6) is 0. The van der Waals surface area contributed by atoms with Crippen molar-refractivity contribution in [1.82, 2.24) is 10.2 Å². The van der Waals surface area contributed by atoms with E-state index in [1.807, 2.05) is 6.08 Å². The van der Waals surface area contributed by atoms with Crippen molar-refractivity contribution in [3.63, 3.8) is 0 Å². The minimum absolute atomic E-state index is 0.796. The second-order valence-corrected chi connectivity index (χ2v) is 5.05.